The maximum Gasteiger partial charge on any atom is 0.250 e. The van der Waals surface area contributed by atoms with Crippen LogP contribution in [-0.4, -0.2) is 25.9 Å². The molecule has 2 rings (SSSR count). The highest BCUT2D eigenvalue weighted by atomic mass is 16.1. The molecule has 0 aliphatic heterocycles. The van der Waals surface area contributed by atoms with Crippen molar-refractivity contribution in [1.82, 2.24) is 20.0 Å². The molecule has 2 heterocycles. The van der Waals surface area contributed by atoms with Crippen LogP contribution in [0.3, 0.4) is 0 Å². The van der Waals surface area contributed by atoms with E-state index in [0.29, 0.717) is 17.1 Å². The Morgan fingerprint density at radius 3 is 3.06 bits per heavy atom. The first-order valence-electron chi connectivity index (χ1n) is 5.61. The van der Waals surface area contributed by atoms with Crippen molar-refractivity contribution in [3.05, 3.63) is 30.2 Å². The van der Waals surface area contributed by atoms with Crippen LogP contribution < -0.4 is 11.1 Å². The van der Waals surface area contributed by atoms with E-state index in [0.717, 1.165) is 13.0 Å². The average molecular weight is 246 g/mol. The number of nitrogens with zero attached hydrogens (tertiary/aromatic N) is 4. The topological polar surface area (TPSA) is 98.7 Å². The van der Waals surface area contributed by atoms with Gasteiger partial charge in [0.25, 0.3) is 0 Å². The summed E-state index contributed by atoms with van der Waals surface area (Å²) in [6.07, 6.45) is 5.79. The molecule has 0 radical (unpaired) electrons. The van der Waals surface area contributed by atoms with Crippen molar-refractivity contribution >= 4 is 17.4 Å². The highest BCUT2D eigenvalue weighted by Crippen LogP contribution is 2.13. The third kappa shape index (κ3) is 2.82. The van der Waals surface area contributed by atoms with Gasteiger partial charge in [0.2, 0.25) is 5.91 Å². The molecule has 0 atom stereocenters. The quantitative estimate of drug-likeness (QED) is 0.817. The van der Waals surface area contributed by atoms with Crippen LogP contribution in [-0.2, 0) is 6.54 Å². The third-order valence-corrected chi connectivity index (χ3v) is 2.29. The second-order valence-electron chi connectivity index (χ2n) is 3.82. The minimum absolute atomic E-state index is 0.348. The summed E-state index contributed by atoms with van der Waals surface area (Å²) in [7, 11) is 0. The molecule has 7 heteroatoms. The molecule has 0 unspecified atom stereocenters. The molecule has 1 amide bonds. The van der Waals surface area contributed by atoms with Crippen LogP contribution in [0, 0.1) is 0 Å². The average Bonchev–Trinajstić information content (AvgIpc) is 2.77. The summed E-state index contributed by atoms with van der Waals surface area (Å²) in [5, 5.41) is 10.9. The van der Waals surface area contributed by atoms with Crippen molar-refractivity contribution in [3.8, 4) is 0 Å². The summed E-state index contributed by atoms with van der Waals surface area (Å²) in [6, 6.07) is 1.62. The second kappa shape index (κ2) is 5.26. The zero-order valence-electron chi connectivity index (χ0n) is 10.00. The van der Waals surface area contributed by atoms with E-state index in [-0.39, 0.29) is 0 Å². The fourth-order valence-electron chi connectivity index (χ4n) is 1.48. The Labute approximate surface area is 104 Å². The minimum Gasteiger partial charge on any atom is -0.366 e. The molecule has 3 N–H and O–H groups in total. The van der Waals surface area contributed by atoms with Gasteiger partial charge in [0.15, 0.2) is 5.82 Å². The van der Waals surface area contributed by atoms with Crippen molar-refractivity contribution < 1.29 is 4.79 Å². The van der Waals surface area contributed by atoms with Gasteiger partial charge < -0.3 is 11.1 Å². The first-order chi connectivity index (χ1) is 8.69. The molecule has 2 aromatic heterocycles. The molecule has 0 aliphatic carbocycles. The van der Waals surface area contributed by atoms with Crippen molar-refractivity contribution in [2.75, 3.05) is 5.32 Å². The van der Waals surface area contributed by atoms with Gasteiger partial charge in [-0.25, -0.2) is 0 Å². The Bertz CT molecular complexity index is 550. The molecule has 18 heavy (non-hydrogen) atoms. The lowest BCUT2D eigenvalue weighted by Crippen LogP contribution is -2.11. The third-order valence-electron chi connectivity index (χ3n) is 2.29. The summed E-state index contributed by atoms with van der Waals surface area (Å²) in [5.74, 6) is 0.0904. The Morgan fingerprint density at radius 1 is 1.50 bits per heavy atom. The highest BCUT2D eigenvalue weighted by molar-refractivity contribution is 5.93. The summed E-state index contributed by atoms with van der Waals surface area (Å²) in [5.41, 5.74) is 6.18. The molecule has 0 saturated carbocycles. The van der Waals surface area contributed by atoms with E-state index >= 15 is 0 Å². The number of carbonyl (C=O) groups excluding carboxylic acids is 1. The molecule has 7 nitrogen and oxygen atoms in total. The van der Waals surface area contributed by atoms with E-state index in [1.54, 1.807) is 23.1 Å². The van der Waals surface area contributed by atoms with Gasteiger partial charge in [-0.05, 0) is 12.5 Å². The number of amides is 1. The number of anilines is 2. The number of nitrogens with one attached hydrogen (secondary N) is 1. The molecular formula is C11H14N6O. The highest BCUT2D eigenvalue weighted by Gasteiger charge is 2.04. The molecule has 2 aromatic rings. The molecule has 0 fully saturated rings. The van der Waals surface area contributed by atoms with Gasteiger partial charge in [-0.1, -0.05) is 12.1 Å². The SMILES string of the molecule is CCCn1cc(Nc2cncc(C(N)=O)c2)nn1. The van der Waals surface area contributed by atoms with Crippen molar-refractivity contribution in [1.29, 1.82) is 0 Å². The number of nitrogens with two attached hydrogens (primary N) is 1. The molecule has 0 saturated heterocycles. The van der Waals surface area contributed by atoms with E-state index in [1.807, 2.05) is 0 Å². The smallest absolute Gasteiger partial charge is 0.250 e. The maximum absolute atomic E-state index is 11.0. The molecular weight excluding hydrogens is 232 g/mol. The van der Waals surface area contributed by atoms with Crippen molar-refractivity contribution in [2.45, 2.75) is 19.9 Å². The van der Waals surface area contributed by atoms with E-state index < -0.39 is 5.91 Å². The van der Waals surface area contributed by atoms with Crippen molar-refractivity contribution in [2.24, 2.45) is 5.73 Å². The predicted molar refractivity (Wildman–Crippen MR) is 66.4 cm³/mol. The number of hydrogen-bond donors (Lipinski definition) is 2. The standard InChI is InChI=1S/C11H14N6O/c1-2-3-17-7-10(15-16-17)14-9-4-8(11(12)18)5-13-6-9/h4-7,14H,2-3H2,1H3,(H2,12,18). The first kappa shape index (κ1) is 12.0. The Kier molecular flexibility index (Phi) is 3.52. The number of primary amides is 1. The van der Waals surface area contributed by atoms with Gasteiger partial charge in [0.1, 0.15) is 0 Å². The summed E-state index contributed by atoms with van der Waals surface area (Å²) < 4.78 is 1.74. The predicted octanol–water partition coefficient (Wildman–Crippen LogP) is 0.926. The van der Waals surface area contributed by atoms with Gasteiger partial charge in [-0.3, -0.25) is 14.5 Å². The fraction of sp³-hybridized carbons (Fsp3) is 0.273. The van der Waals surface area contributed by atoms with Crippen LogP contribution >= 0.6 is 0 Å². The molecule has 0 aromatic carbocycles. The lowest BCUT2D eigenvalue weighted by atomic mass is 10.2. The molecule has 0 spiro atoms. The van der Waals surface area contributed by atoms with Gasteiger partial charge >= 0.3 is 0 Å². The van der Waals surface area contributed by atoms with E-state index in [2.05, 4.69) is 27.5 Å². The fourth-order valence-corrected chi connectivity index (χ4v) is 1.48. The zero-order valence-corrected chi connectivity index (χ0v) is 10.00. The summed E-state index contributed by atoms with van der Waals surface area (Å²) >= 11 is 0. The lowest BCUT2D eigenvalue weighted by Gasteiger charge is -2.02. The number of carbonyl (C=O) groups is 1. The number of hydrogen-bond acceptors (Lipinski definition) is 5. The number of pyridine rings is 1. The Balaban J connectivity index is 2.12. The maximum atomic E-state index is 11.0. The molecule has 94 valence electrons. The van der Waals surface area contributed by atoms with Gasteiger partial charge in [0.05, 0.1) is 23.6 Å². The Morgan fingerprint density at radius 2 is 2.33 bits per heavy atom. The van der Waals surface area contributed by atoms with Crippen LogP contribution in [0.2, 0.25) is 0 Å². The number of aryl methyl sites for hydroxylation is 1. The number of rotatable bonds is 5. The largest absolute Gasteiger partial charge is 0.366 e. The van der Waals surface area contributed by atoms with Crippen LogP contribution in [0.25, 0.3) is 0 Å². The number of aromatic nitrogens is 4. The molecule has 0 bridgehead atoms. The van der Waals surface area contributed by atoms with Gasteiger partial charge in [0, 0.05) is 12.7 Å². The van der Waals surface area contributed by atoms with Gasteiger partial charge in [-0.2, -0.15) is 0 Å². The van der Waals surface area contributed by atoms with Crippen molar-refractivity contribution in [3.63, 3.8) is 0 Å². The summed E-state index contributed by atoms with van der Waals surface area (Å²) in [6.45, 7) is 2.88. The second-order valence-corrected chi connectivity index (χ2v) is 3.82. The van der Waals surface area contributed by atoms with Crippen LogP contribution in [0.5, 0.6) is 0 Å². The zero-order chi connectivity index (χ0) is 13.0. The Hall–Kier alpha value is -2.44. The van der Waals surface area contributed by atoms with E-state index in [1.165, 1.54) is 6.20 Å². The van der Waals surface area contributed by atoms with Crippen LogP contribution in [0.15, 0.2) is 24.7 Å². The monoisotopic (exact) mass is 246 g/mol. The minimum atomic E-state index is -0.513. The van der Waals surface area contributed by atoms with E-state index in [4.69, 9.17) is 5.73 Å². The first-order valence-corrected chi connectivity index (χ1v) is 5.61. The van der Waals surface area contributed by atoms with Crippen LogP contribution in [0.4, 0.5) is 11.5 Å². The molecule has 0 aliphatic rings. The summed E-state index contributed by atoms with van der Waals surface area (Å²) in [4.78, 5) is 14.9. The van der Waals surface area contributed by atoms with Gasteiger partial charge in [-0.15, -0.1) is 5.10 Å². The van der Waals surface area contributed by atoms with Crippen LogP contribution in [0.1, 0.15) is 23.7 Å². The van der Waals surface area contributed by atoms with E-state index in [9.17, 15) is 4.79 Å². The lowest BCUT2D eigenvalue weighted by molar-refractivity contribution is 0.1000. The normalized spacial score (nSPS) is 10.3.